The van der Waals surface area contributed by atoms with Crippen LogP contribution in [0.25, 0.3) is 0 Å². The molecule has 1 heterocycles. The summed E-state index contributed by atoms with van der Waals surface area (Å²) >= 11 is 0. The summed E-state index contributed by atoms with van der Waals surface area (Å²) < 4.78 is 0. The van der Waals surface area contributed by atoms with E-state index < -0.39 is 0 Å². The smallest absolute Gasteiger partial charge is 0.315 e. The molecule has 0 radical (unpaired) electrons. The normalized spacial score (nSPS) is 18.7. The van der Waals surface area contributed by atoms with Crippen LogP contribution in [0.3, 0.4) is 0 Å². The molecule has 2 rings (SSSR count). The van der Waals surface area contributed by atoms with Crippen LogP contribution < -0.4 is 15.5 Å². The molecule has 4 heteroatoms. The van der Waals surface area contributed by atoms with Crippen LogP contribution in [0.15, 0.2) is 24.3 Å². The predicted molar refractivity (Wildman–Crippen MR) is 69.3 cm³/mol. The second-order valence-corrected chi connectivity index (χ2v) is 4.17. The number of rotatable bonds is 4. The van der Waals surface area contributed by atoms with Crippen LogP contribution in [0.1, 0.15) is 25.5 Å². The molecule has 0 aliphatic carbocycles. The van der Waals surface area contributed by atoms with E-state index in [0.29, 0.717) is 6.54 Å². The molecule has 2 N–H and O–H groups in total. The second kappa shape index (κ2) is 5.08. The summed E-state index contributed by atoms with van der Waals surface area (Å²) in [5.41, 5.74) is 2.38. The Morgan fingerprint density at radius 2 is 1.88 bits per heavy atom. The van der Waals surface area contributed by atoms with Crippen LogP contribution in [0.4, 0.5) is 10.5 Å². The van der Waals surface area contributed by atoms with Crippen LogP contribution in [-0.4, -0.2) is 25.7 Å². The Hall–Kier alpha value is -1.71. The highest BCUT2D eigenvalue weighted by molar-refractivity contribution is 5.76. The highest BCUT2D eigenvalue weighted by Crippen LogP contribution is 2.20. The summed E-state index contributed by atoms with van der Waals surface area (Å²) in [7, 11) is 0. The average molecular weight is 233 g/mol. The zero-order chi connectivity index (χ0) is 12.3. The van der Waals surface area contributed by atoms with Gasteiger partial charge in [0.15, 0.2) is 0 Å². The van der Waals surface area contributed by atoms with Gasteiger partial charge in [0, 0.05) is 25.3 Å². The standard InChI is InChI=1S/C13H19N3O/c1-3-16(4-2)11-7-5-10(6-8-11)12-9-14-13(17)15-12/h5-8,12H,3-4,9H2,1-2H3,(H2,14,15,17)/t12-/m1/s1. The van der Waals surface area contributed by atoms with Crippen LogP contribution >= 0.6 is 0 Å². The first-order valence-corrected chi connectivity index (χ1v) is 6.13. The minimum atomic E-state index is -0.0807. The summed E-state index contributed by atoms with van der Waals surface area (Å²) in [6, 6.07) is 8.44. The van der Waals surface area contributed by atoms with E-state index >= 15 is 0 Å². The zero-order valence-corrected chi connectivity index (χ0v) is 10.4. The Morgan fingerprint density at radius 3 is 2.35 bits per heavy atom. The summed E-state index contributed by atoms with van der Waals surface area (Å²) in [6.45, 7) is 7.00. The zero-order valence-electron chi connectivity index (χ0n) is 10.4. The molecule has 2 amide bonds. The van der Waals surface area contributed by atoms with Gasteiger partial charge in [-0.1, -0.05) is 12.1 Å². The maximum absolute atomic E-state index is 11.1. The Labute approximate surface area is 102 Å². The number of amides is 2. The van der Waals surface area contributed by atoms with Crippen LogP contribution in [0.2, 0.25) is 0 Å². The second-order valence-electron chi connectivity index (χ2n) is 4.17. The number of urea groups is 1. The van der Waals surface area contributed by atoms with Gasteiger partial charge in [-0.15, -0.1) is 0 Å². The Balaban J connectivity index is 2.10. The van der Waals surface area contributed by atoms with Crippen molar-refractivity contribution in [2.45, 2.75) is 19.9 Å². The topological polar surface area (TPSA) is 44.4 Å². The van der Waals surface area contributed by atoms with Crippen LogP contribution in [0, 0.1) is 0 Å². The van der Waals surface area contributed by atoms with Gasteiger partial charge in [0.25, 0.3) is 0 Å². The van der Waals surface area contributed by atoms with Crippen LogP contribution in [0.5, 0.6) is 0 Å². The van der Waals surface area contributed by atoms with Gasteiger partial charge in [-0.05, 0) is 31.5 Å². The number of carbonyl (C=O) groups excluding carboxylic acids is 1. The predicted octanol–water partition coefficient (Wildman–Crippen LogP) is 1.89. The van der Waals surface area contributed by atoms with E-state index in [1.807, 2.05) is 0 Å². The van der Waals surface area contributed by atoms with Gasteiger partial charge >= 0.3 is 6.03 Å². The molecule has 1 aromatic carbocycles. The average Bonchev–Trinajstić information content (AvgIpc) is 2.78. The van der Waals surface area contributed by atoms with Crippen molar-refractivity contribution in [1.82, 2.24) is 10.6 Å². The molecular weight excluding hydrogens is 214 g/mol. The fourth-order valence-electron chi connectivity index (χ4n) is 2.16. The number of hydrogen-bond acceptors (Lipinski definition) is 2. The van der Waals surface area contributed by atoms with E-state index in [-0.39, 0.29) is 12.1 Å². The molecule has 0 spiro atoms. The Bertz CT molecular complexity index is 384. The lowest BCUT2D eigenvalue weighted by molar-refractivity contribution is 0.247. The third-order valence-electron chi connectivity index (χ3n) is 3.20. The molecular formula is C13H19N3O. The number of nitrogens with one attached hydrogen (secondary N) is 2. The number of benzene rings is 1. The van der Waals surface area contributed by atoms with Crippen molar-refractivity contribution >= 4 is 11.7 Å². The first-order chi connectivity index (χ1) is 8.24. The van der Waals surface area contributed by atoms with Crippen molar-refractivity contribution in [2.75, 3.05) is 24.5 Å². The molecule has 0 bridgehead atoms. The fraction of sp³-hybridized carbons (Fsp3) is 0.462. The van der Waals surface area contributed by atoms with Crippen molar-refractivity contribution in [2.24, 2.45) is 0 Å². The van der Waals surface area contributed by atoms with Crippen molar-refractivity contribution in [3.63, 3.8) is 0 Å². The molecule has 1 saturated heterocycles. The van der Waals surface area contributed by atoms with Gasteiger partial charge in [0.05, 0.1) is 6.04 Å². The minimum absolute atomic E-state index is 0.0807. The highest BCUT2D eigenvalue weighted by Gasteiger charge is 2.21. The molecule has 17 heavy (non-hydrogen) atoms. The minimum Gasteiger partial charge on any atom is -0.372 e. The Morgan fingerprint density at radius 1 is 1.24 bits per heavy atom. The molecule has 0 unspecified atom stereocenters. The van der Waals surface area contributed by atoms with Gasteiger partial charge in [-0.2, -0.15) is 0 Å². The van der Waals surface area contributed by atoms with E-state index in [4.69, 9.17) is 0 Å². The lowest BCUT2D eigenvalue weighted by Gasteiger charge is -2.21. The monoisotopic (exact) mass is 233 g/mol. The molecule has 0 saturated carbocycles. The molecule has 4 nitrogen and oxygen atoms in total. The summed E-state index contributed by atoms with van der Waals surface area (Å²) in [5, 5.41) is 5.65. The van der Waals surface area contributed by atoms with Crippen molar-refractivity contribution in [3.8, 4) is 0 Å². The van der Waals surface area contributed by atoms with Gasteiger partial charge in [0.1, 0.15) is 0 Å². The number of anilines is 1. The van der Waals surface area contributed by atoms with Gasteiger partial charge in [0.2, 0.25) is 0 Å². The molecule has 1 fully saturated rings. The molecule has 92 valence electrons. The van der Waals surface area contributed by atoms with E-state index in [1.165, 1.54) is 5.69 Å². The molecule has 1 aromatic rings. The number of nitrogens with zero attached hydrogens (tertiary/aromatic N) is 1. The van der Waals surface area contributed by atoms with Gasteiger partial charge in [-0.3, -0.25) is 0 Å². The van der Waals surface area contributed by atoms with Crippen molar-refractivity contribution < 1.29 is 4.79 Å². The third-order valence-corrected chi connectivity index (χ3v) is 3.20. The first-order valence-electron chi connectivity index (χ1n) is 6.13. The lowest BCUT2D eigenvalue weighted by atomic mass is 10.1. The van der Waals surface area contributed by atoms with Crippen molar-refractivity contribution in [3.05, 3.63) is 29.8 Å². The summed E-state index contributed by atoms with van der Waals surface area (Å²) in [4.78, 5) is 13.4. The first kappa shape index (κ1) is 11.8. The van der Waals surface area contributed by atoms with E-state index in [0.717, 1.165) is 18.7 Å². The van der Waals surface area contributed by atoms with E-state index in [9.17, 15) is 4.79 Å². The largest absolute Gasteiger partial charge is 0.372 e. The van der Waals surface area contributed by atoms with Gasteiger partial charge < -0.3 is 15.5 Å². The maximum atomic E-state index is 11.1. The Kier molecular flexibility index (Phi) is 3.52. The summed E-state index contributed by atoms with van der Waals surface area (Å²) in [5.74, 6) is 0. The summed E-state index contributed by atoms with van der Waals surface area (Å²) in [6.07, 6.45) is 0. The lowest BCUT2D eigenvalue weighted by Crippen LogP contribution is -2.22. The molecule has 1 aliphatic rings. The van der Waals surface area contributed by atoms with Gasteiger partial charge in [-0.25, -0.2) is 4.79 Å². The SMILES string of the molecule is CCN(CC)c1ccc([C@H]2CNC(=O)N2)cc1. The van der Waals surface area contributed by atoms with E-state index in [1.54, 1.807) is 0 Å². The highest BCUT2D eigenvalue weighted by atomic mass is 16.2. The number of carbonyl (C=O) groups is 1. The van der Waals surface area contributed by atoms with Crippen molar-refractivity contribution in [1.29, 1.82) is 0 Å². The third kappa shape index (κ3) is 2.52. The van der Waals surface area contributed by atoms with E-state index in [2.05, 4.69) is 53.6 Å². The van der Waals surface area contributed by atoms with Crippen LogP contribution in [-0.2, 0) is 0 Å². The fourth-order valence-corrected chi connectivity index (χ4v) is 2.16. The number of hydrogen-bond donors (Lipinski definition) is 2. The molecule has 1 aliphatic heterocycles. The quantitative estimate of drug-likeness (QED) is 0.834. The maximum Gasteiger partial charge on any atom is 0.315 e. The molecule has 0 aromatic heterocycles. The molecule has 1 atom stereocenters.